The minimum atomic E-state index is -0.535. The highest BCUT2D eigenvalue weighted by molar-refractivity contribution is 6.07. The lowest BCUT2D eigenvalue weighted by Crippen LogP contribution is -2.15. The van der Waals surface area contributed by atoms with E-state index in [0.717, 1.165) is 18.4 Å². The lowest BCUT2D eigenvalue weighted by Gasteiger charge is -2.10. The average Bonchev–Trinajstić information content (AvgIpc) is 2.70. The summed E-state index contributed by atoms with van der Waals surface area (Å²) in [6, 6.07) is 15.9. The Balaban J connectivity index is 2.12. The van der Waals surface area contributed by atoms with E-state index in [4.69, 9.17) is 4.74 Å². The molecule has 6 heteroatoms. The Kier molecular flexibility index (Phi) is 7.79. The third-order valence-electron chi connectivity index (χ3n) is 4.01. The normalized spacial score (nSPS) is 10.7. The van der Waals surface area contributed by atoms with Gasteiger partial charge in [-0.3, -0.25) is 4.79 Å². The molecule has 28 heavy (non-hydrogen) atoms. The van der Waals surface area contributed by atoms with Gasteiger partial charge in [-0.2, -0.15) is 5.26 Å². The zero-order chi connectivity index (χ0) is 20.4. The molecule has 0 saturated heterocycles. The predicted octanol–water partition coefficient (Wildman–Crippen LogP) is 4.41. The number of hydrogen-bond acceptors (Lipinski definition) is 5. The standard InChI is InChI=1S/C22H23N3O3/c1-3-4-13-28-22(27)18-10-6-8-12-20(18)24-15-17(14-23)21(26)25-19-11-7-5-9-16(19)2/h5-12,15,24H,3-4,13H2,1-2H3,(H,25,26)/b17-15-. The first-order valence-electron chi connectivity index (χ1n) is 9.06. The van der Waals surface area contributed by atoms with Crippen molar-refractivity contribution < 1.29 is 14.3 Å². The number of unbranched alkanes of at least 4 members (excludes halogenated alkanes) is 1. The van der Waals surface area contributed by atoms with Gasteiger partial charge in [0.05, 0.1) is 17.9 Å². The zero-order valence-electron chi connectivity index (χ0n) is 16.0. The minimum Gasteiger partial charge on any atom is -0.462 e. The van der Waals surface area contributed by atoms with Crippen LogP contribution in [-0.4, -0.2) is 18.5 Å². The van der Waals surface area contributed by atoms with Crippen molar-refractivity contribution in [2.45, 2.75) is 26.7 Å². The van der Waals surface area contributed by atoms with E-state index in [1.807, 2.05) is 32.0 Å². The van der Waals surface area contributed by atoms with Crippen molar-refractivity contribution in [3.05, 3.63) is 71.4 Å². The first kappa shape index (κ1) is 20.7. The maximum atomic E-state index is 12.4. The molecule has 0 fully saturated rings. The molecule has 2 aromatic carbocycles. The van der Waals surface area contributed by atoms with Crippen molar-refractivity contribution in [3.63, 3.8) is 0 Å². The number of para-hydroxylation sites is 2. The van der Waals surface area contributed by atoms with Crippen LogP contribution in [0.5, 0.6) is 0 Å². The van der Waals surface area contributed by atoms with Gasteiger partial charge < -0.3 is 15.4 Å². The summed E-state index contributed by atoms with van der Waals surface area (Å²) < 4.78 is 5.24. The summed E-state index contributed by atoms with van der Waals surface area (Å²) in [4.78, 5) is 24.6. The molecule has 0 saturated carbocycles. The first-order valence-corrected chi connectivity index (χ1v) is 9.06. The van der Waals surface area contributed by atoms with Crippen molar-refractivity contribution >= 4 is 23.3 Å². The number of benzene rings is 2. The second-order valence-electron chi connectivity index (χ2n) is 6.12. The maximum Gasteiger partial charge on any atom is 0.340 e. The summed E-state index contributed by atoms with van der Waals surface area (Å²) in [5.41, 5.74) is 2.21. The van der Waals surface area contributed by atoms with E-state index in [9.17, 15) is 14.9 Å². The third kappa shape index (κ3) is 5.71. The van der Waals surface area contributed by atoms with Gasteiger partial charge in [-0.1, -0.05) is 43.7 Å². The molecular formula is C22H23N3O3. The van der Waals surface area contributed by atoms with E-state index in [-0.39, 0.29) is 5.57 Å². The van der Waals surface area contributed by atoms with Gasteiger partial charge in [0.2, 0.25) is 0 Å². The zero-order valence-corrected chi connectivity index (χ0v) is 16.0. The molecular weight excluding hydrogens is 354 g/mol. The Morgan fingerprint density at radius 2 is 1.79 bits per heavy atom. The Bertz CT molecular complexity index is 913. The smallest absolute Gasteiger partial charge is 0.340 e. The van der Waals surface area contributed by atoms with Gasteiger partial charge in [0.1, 0.15) is 11.6 Å². The number of nitrogens with one attached hydrogen (secondary N) is 2. The van der Waals surface area contributed by atoms with E-state index in [1.54, 1.807) is 36.4 Å². The number of hydrogen-bond donors (Lipinski definition) is 2. The van der Waals surface area contributed by atoms with Crippen molar-refractivity contribution in [2.24, 2.45) is 0 Å². The average molecular weight is 377 g/mol. The van der Waals surface area contributed by atoms with E-state index >= 15 is 0 Å². The third-order valence-corrected chi connectivity index (χ3v) is 4.01. The molecule has 1 amide bonds. The number of rotatable bonds is 8. The second kappa shape index (κ2) is 10.5. The van der Waals surface area contributed by atoms with Crippen LogP contribution in [0.1, 0.15) is 35.7 Å². The summed E-state index contributed by atoms with van der Waals surface area (Å²) in [6.07, 6.45) is 3.00. The van der Waals surface area contributed by atoms with Gasteiger partial charge in [-0.15, -0.1) is 0 Å². The number of carbonyl (C=O) groups is 2. The summed E-state index contributed by atoms with van der Waals surface area (Å²) in [5, 5.41) is 14.9. The highest BCUT2D eigenvalue weighted by atomic mass is 16.5. The summed E-state index contributed by atoms with van der Waals surface area (Å²) in [7, 11) is 0. The summed E-state index contributed by atoms with van der Waals surface area (Å²) in [5.74, 6) is -0.986. The van der Waals surface area contributed by atoms with Crippen molar-refractivity contribution in [2.75, 3.05) is 17.2 Å². The number of aryl methyl sites for hydroxylation is 1. The van der Waals surface area contributed by atoms with Crippen LogP contribution in [-0.2, 0) is 9.53 Å². The Labute approximate surface area is 164 Å². The van der Waals surface area contributed by atoms with Gasteiger partial charge in [-0.05, 0) is 37.1 Å². The molecule has 6 nitrogen and oxygen atoms in total. The van der Waals surface area contributed by atoms with Gasteiger partial charge in [-0.25, -0.2) is 4.79 Å². The van der Waals surface area contributed by atoms with Gasteiger partial charge in [0, 0.05) is 11.9 Å². The molecule has 0 spiro atoms. The Morgan fingerprint density at radius 1 is 1.11 bits per heavy atom. The van der Waals surface area contributed by atoms with E-state index in [0.29, 0.717) is 23.5 Å². The number of anilines is 2. The van der Waals surface area contributed by atoms with Crippen LogP contribution >= 0.6 is 0 Å². The number of nitrogens with zero attached hydrogens (tertiary/aromatic N) is 1. The SMILES string of the molecule is CCCCOC(=O)c1ccccc1N/C=C(/C#N)C(=O)Nc1ccccc1C. The van der Waals surface area contributed by atoms with Crippen LogP contribution in [0.2, 0.25) is 0 Å². The number of nitriles is 1. The van der Waals surface area contributed by atoms with Gasteiger partial charge in [0.15, 0.2) is 0 Å². The molecule has 2 rings (SSSR count). The fraction of sp³-hybridized carbons (Fsp3) is 0.227. The van der Waals surface area contributed by atoms with E-state index in [1.165, 1.54) is 6.20 Å². The number of carbonyl (C=O) groups excluding carboxylic acids is 2. The highest BCUT2D eigenvalue weighted by Gasteiger charge is 2.14. The first-order chi connectivity index (χ1) is 13.6. The molecule has 0 radical (unpaired) electrons. The lowest BCUT2D eigenvalue weighted by molar-refractivity contribution is -0.112. The van der Waals surface area contributed by atoms with Crippen LogP contribution in [0, 0.1) is 18.3 Å². The molecule has 0 atom stereocenters. The predicted molar refractivity (Wildman–Crippen MR) is 109 cm³/mol. The lowest BCUT2D eigenvalue weighted by atomic mass is 10.1. The number of esters is 1. The fourth-order valence-electron chi connectivity index (χ4n) is 2.38. The van der Waals surface area contributed by atoms with Crippen LogP contribution in [0.4, 0.5) is 11.4 Å². The monoisotopic (exact) mass is 377 g/mol. The molecule has 0 heterocycles. The molecule has 0 aliphatic carbocycles. The highest BCUT2D eigenvalue weighted by Crippen LogP contribution is 2.18. The molecule has 2 aromatic rings. The second-order valence-corrected chi connectivity index (χ2v) is 6.12. The molecule has 0 bridgehead atoms. The van der Waals surface area contributed by atoms with Gasteiger partial charge in [0.25, 0.3) is 5.91 Å². The minimum absolute atomic E-state index is 0.114. The largest absolute Gasteiger partial charge is 0.462 e. The van der Waals surface area contributed by atoms with E-state index in [2.05, 4.69) is 10.6 Å². The Hall–Kier alpha value is -3.59. The topological polar surface area (TPSA) is 91.2 Å². The van der Waals surface area contributed by atoms with Gasteiger partial charge >= 0.3 is 5.97 Å². The molecule has 0 aliphatic rings. The number of amides is 1. The molecule has 0 aliphatic heterocycles. The quantitative estimate of drug-likeness (QED) is 0.308. The molecule has 0 aromatic heterocycles. The van der Waals surface area contributed by atoms with Crippen LogP contribution in [0.25, 0.3) is 0 Å². The van der Waals surface area contributed by atoms with Crippen LogP contribution < -0.4 is 10.6 Å². The molecule has 0 unspecified atom stereocenters. The maximum absolute atomic E-state index is 12.4. The number of ether oxygens (including phenoxy) is 1. The van der Waals surface area contributed by atoms with Crippen LogP contribution in [0.3, 0.4) is 0 Å². The van der Waals surface area contributed by atoms with Crippen molar-refractivity contribution in [1.82, 2.24) is 0 Å². The summed E-state index contributed by atoms with van der Waals surface area (Å²) in [6.45, 7) is 4.23. The fourth-order valence-corrected chi connectivity index (χ4v) is 2.38. The van der Waals surface area contributed by atoms with Crippen molar-refractivity contribution in [1.29, 1.82) is 5.26 Å². The molecule has 144 valence electrons. The summed E-state index contributed by atoms with van der Waals surface area (Å²) >= 11 is 0. The van der Waals surface area contributed by atoms with E-state index < -0.39 is 11.9 Å². The Morgan fingerprint density at radius 3 is 2.46 bits per heavy atom. The van der Waals surface area contributed by atoms with Crippen molar-refractivity contribution in [3.8, 4) is 6.07 Å². The van der Waals surface area contributed by atoms with Crippen LogP contribution in [0.15, 0.2) is 60.3 Å². The molecule has 2 N–H and O–H groups in total.